The Labute approximate surface area is 114 Å². The van der Waals surface area contributed by atoms with E-state index < -0.39 is 0 Å². The van der Waals surface area contributed by atoms with Crippen LogP contribution in [0.15, 0.2) is 24.3 Å². The van der Waals surface area contributed by atoms with Crippen molar-refractivity contribution in [2.75, 3.05) is 13.7 Å². The van der Waals surface area contributed by atoms with Gasteiger partial charge in [-0.2, -0.15) is 0 Å². The zero-order valence-corrected chi connectivity index (χ0v) is 11.7. The highest BCUT2D eigenvalue weighted by atomic mass is 16.5. The van der Waals surface area contributed by atoms with Gasteiger partial charge in [-0.05, 0) is 31.4 Å². The summed E-state index contributed by atoms with van der Waals surface area (Å²) in [4.78, 5) is 12.1. The molecule has 0 saturated heterocycles. The Morgan fingerprint density at radius 1 is 1.26 bits per heavy atom. The van der Waals surface area contributed by atoms with Crippen LogP contribution >= 0.6 is 0 Å². The molecule has 1 saturated carbocycles. The number of hydrogen-bond donors (Lipinski definition) is 0. The Kier molecular flexibility index (Phi) is 4.83. The number of carbonyl (C=O) groups excluding carboxylic acids is 1. The van der Waals surface area contributed by atoms with E-state index in [2.05, 4.69) is 6.07 Å². The summed E-state index contributed by atoms with van der Waals surface area (Å²) in [5.74, 6) is 1.02. The Morgan fingerprint density at radius 2 is 2.00 bits per heavy atom. The van der Waals surface area contributed by atoms with Crippen molar-refractivity contribution in [1.29, 1.82) is 0 Å². The lowest BCUT2D eigenvalue weighted by molar-refractivity contribution is -0.149. The summed E-state index contributed by atoms with van der Waals surface area (Å²) < 4.78 is 10.7. The van der Waals surface area contributed by atoms with Crippen molar-refractivity contribution in [3.8, 4) is 5.75 Å². The summed E-state index contributed by atoms with van der Waals surface area (Å²) in [6, 6.07) is 8.01. The largest absolute Gasteiger partial charge is 0.496 e. The van der Waals surface area contributed by atoms with Crippen molar-refractivity contribution in [2.45, 2.75) is 38.5 Å². The highest BCUT2D eigenvalue weighted by Gasteiger charge is 2.34. The average Bonchev–Trinajstić information content (AvgIpc) is 2.47. The number of hydrogen-bond acceptors (Lipinski definition) is 3. The summed E-state index contributed by atoms with van der Waals surface area (Å²) >= 11 is 0. The third-order valence-corrected chi connectivity index (χ3v) is 3.89. The second-order valence-corrected chi connectivity index (χ2v) is 4.99. The topological polar surface area (TPSA) is 35.5 Å². The maximum absolute atomic E-state index is 12.1. The third-order valence-electron chi connectivity index (χ3n) is 3.89. The molecule has 19 heavy (non-hydrogen) atoms. The van der Waals surface area contributed by atoms with Crippen LogP contribution in [0.3, 0.4) is 0 Å². The second-order valence-electron chi connectivity index (χ2n) is 4.99. The predicted molar refractivity (Wildman–Crippen MR) is 74.3 cm³/mol. The molecule has 2 atom stereocenters. The first-order valence-corrected chi connectivity index (χ1v) is 7.07. The van der Waals surface area contributed by atoms with E-state index in [4.69, 9.17) is 9.47 Å². The zero-order valence-electron chi connectivity index (χ0n) is 11.7. The third kappa shape index (κ3) is 3.09. The lowest BCUT2D eigenvalue weighted by Gasteiger charge is -2.31. The summed E-state index contributed by atoms with van der Waals surface area (Å²) in [7, 11) is 1.68. The Bertz CT molecular complexity index is 428. The molecule has 0 aromatic heterocycles. The van der Waals surface area contributed by atoms with Gasteiger partial charge >= 0.3 is 5.97 Å². The van der Waals surface area contributed by atoms with Crippen LogP contribution < -0.4 is 4.74 Å². The molecule has 0 heterocycles. The first kappa shape index (κ1) is 13.9. The van der Waals surface area contributed by atoms with E-state index in [0.717, 1.165) is 30.6 Å². The van der Waals surface area contributed by atoms with Crippen LogP contribution in [0.25, 0.3) is 0 Å². The molecule has 0 N–H and O–H groups in total. The van der Waals surface area contributed by atoms with Gasteiger partial charge in [0.15, 0.2) is 0 Å². The van der Waals surface area contributed by atoms with Crippen LogP contribution in [0.4, 0.5) is 0 Å². The van der Waals surface area contributed by atoms with Crippen molar-refractivity contribution in [2.24, 2.45) is 5.92 Å². The molecule has 0 radical (unpaired) electrons. The number of methoxy groups -OCH3 is 1. The highest BCUT2D eigenvalue weighted by Crippen LogP contribution is 2.41. The number of esters is 1. The molecular weight excluding hydrogens is 240 g/mol. The summed E-state index contributed by atoms with van der Waals surface area (Å²) in [5, 5.41) is 0. The van der Waals surface area contributed by atoms with Gasteiger partial charge in [0, 0.05) is 5.92 Å². The minimum atomic E-state index is -0.0573. The van der Waals surface area contributed by atoms with Gasteiger partial charge in [-0.3, -0.25) is 4.79 Å². The van der Waals surface area contributed by atoms with Crippen LogP contribution in [0, 0.1) is 5.92 Å². The van der Waals surface area contributed by atoms with Gasteiger partial charge in [0.1, 0.15) is 5.75 Å². The van der Waals surface area contributed by atoms with Gasteiger partial charge in [-0.1, -0.05) is 31.0 Å². The molecule has 1 aliphatic carbocycles. The Balaban J connectivity index is 2.26. The van der Waals surface area contributed by atoms with Gasteiger partial charge in [0.2, 0.25) is 0 Å². The molecule has 3 nitrogen and oxygen atoms in total. The number of ether oxygens (including phenoxy) is 2. The Hall–Kier alpha value is -1.51. The molecular formula is C16H22O3. The number of benzene rings is 1. The van der Waals surface area contributed by atoms with Crippen LogP contribution in [0.1, 0.15) is 44.1 Å². The van der Waals surface area contributed by atoms with Crippen molar-refractivity contribution in [3.63, 3.8) is 0 Å². The fourth-order valence-corrected chi connectivity index (χ4v) is 3.01. The van der Waals surface area contributed by atoms with Crippen molar-refractivity contribution in [1.82, 2.24) is 0 Å². The molecule has 3 heteroatoms. The highest BCUT2D eigenvalue weighted by molar-refractivity contribution is 5.74. The standard InChI is InChI=1S/C16H22O3/c1-3-19-16(17)14-10-5-4-8-12(14)13-9-6-7-11-15(13)18-2/h6-7,9,11-12,14H,3-5,8,10H2,1-2H3. The lowest BCUT2D eigenvalue weighted by Crippen LogP contribution is -2.27. The van der Waals surface area contributed by atoms with E-state index in [-0.39, 0.29) is 17.8 Å². The maximum atomic E-state index is 12.1. The molecule has 1 aliphatic rings. The zero-order chi connectivity index (χ0) is 13.7. The van der Waals surface area contributed by atoms with Gasteiger partial charge in [-0.15, -0.1) is 0 Å². The quantitative estimate of drug-likeness (QED) is 0.779. The van der Waals surface area contributed by atoms with E-state index in [0.29, 0.717) is 6.61 Å². The fraction of sp³-hybridized carbons (Fsp3) is 0.562. The van der Waals surface area contributed by atoms with Crippen molar-refractivity contribution in [3.05, 3.63) is 29.8 Å². The molecule has 2 unspecified atom stereocenters. The molecule has 2 rings (SSSR count). The minimum Gasteiger partial charge on any atom is -0.496 e. The molecule has 104 valence electrons. The lowest BCUT2D eigenvalue weighted by atomic mass is 9.75. The van der Waals surface area contributed by atoms with Gasteiger partial charge in [0.05, 0.1) is 19.6 Å². The van der Waals surface area contributed by atoms with Crippen LogP contribution in [0.5, 0.6) is 5.75 Å². The molecule has 0 amide bonds. The first-order valence-electron chi connectivity index (χ1n) is 7.07. The SMILES string of the molecule is CCOC(=O)C1CCCCC1c1ccccc1OC. The normalized spacial score (nSPS) is 22.8. The van der Waals surface area contributed by atoms with E-state index in [9.17, 15) is 4.79 Å². The fourth-order valence-electron chi connectivity index (χ4n) is 3.01. The molecule has 0 bridgehead atoms. The van der Waals surface area contributed by atoms with E-state index in [1.54, 1.807) is 7.11 Å². The summed E-state index contributed by atoms with van der Waals surface area (Å²) in [6.07, 6.45) is 4.22. The van der Waals surface area contributed by atoms with Crippen LogP contribution in [0.2, 0.25) is 0 Å². The van der Waals surface area contributed by atoms with Gasteiger partial charge in [-0.25, -0.2) is 0 Å². The smallest absolute Gasteiger partial charge is 0.309 e. The van der Waals surface area contributed by atoms with Gasteiger partial charge in [0.25, 0.3) is 0 Å². The molecule has 0 aliphatic heterocycles. The number of carbonyl (C=O) groups is 1. The molecule has 1 fully saturated rings. The van der Waals surface area contributed by atoms with E-state index in [1.807, 2.05) is 25.1 Å². The van der Waals surface area contributed by atoms with Crippen molar-refractivity contribution >= 4 is 5.97 Å². The van der Waals surface area contributed by atoms with E-state index in [1.165, 1.54) is 6.42 Å². The Morgan fingerprint density at radius 3 is 2.74 bits per heavy atom. The number of rotatable bonds is 4. The first-order chi connectivity index (χ1) is 9.27. The maximum Gasteiger partial charge on any atom is 0.309 e. The van der Waals surface area contributed by atoms with Gasteiger partial charge < -0.3 is 9.47 Å². The molecule has 1 aromatic carbocycles. The molecule has 1 aromatic rings. The second kappa shape index (κ2) is 6.60. The van der Waals surface area contributed by atoms with Crippen LogP contribution in [-0.4, -0.2) is 19.7 Å². The average molecular weight is 262 g/mol. The summed E-state index contributed by atoms with van der Waals surface area (Å²) in [5.41, 5.74) is 1.14. The molecule has 0 spiro atoms. The van der Waals surface area contributed by atoms with E-state index >= 15 is 0 Å². The minimum absolute atomic E-state index is 0.0231. The summed E-state index contributed by atoms with van der Waals surface area (Å²) in [6.45, 7) is 2.31. The monoisotopic (exact) mass is 262 g/mol. The number of para-hydroxylation sites is 1. The van der Waals surface area contributed by atoms with Crippen molar-refractivity contribution < 1.29 is 14.3 Å². The van der Waals surface area contributed by atoms with Crippen LogP contribution in [-0.2, 0) is 9.53 Å². The predicted octanol–water partition coefficient (Wildman–Crippen LogP) is 3.53.